The molecule has 0 aliphatic carbocycles. The van der Waals surface area contributed by atoms with E-state index in [1.165, 1.54) is 5.56 Å². The van der Waals surface area contributed by atoms with Gasteiger partial charge in [-0.25, -0.2) is 0 Å². The molecule has 2 aromatic rings. The van der Waals surface area contributed by atoms with Crippen molar-refractivity contribution in [1.29, 1.82) is 0 Å². The first-order chi connectivity index (χ1) is 9.08. The molecule has 0 aromatic heterocycles. The average molecular weight is 322 g/mol. The maximum Gasteiger partial charge on any atom is 0.217 e. The highest BCUT2D eigenvalue weighted by Gasteiger charge is 2.04. The molecule has 0 saturated heterocycles. The smallest absolute Gasteiger partial charge is 0.217 e. The lowest BCUT2D eigenvalue weighted by Crippen LogP contribution is -2.09. The van der Waals surface area contributed by atoms with Crippen molar-refractivity contribution >= 4 is 32.6 Å². The van der Waals surface area contributed by atoms with Gasteiger partial charge in [-0.3, -0.25) is 4.79 Å². The maximum atomic E-state index is 10.6. The van der Waals surface area contributed by atoms with Crippen molar-refractivity contribution in [2.45, 2.75) is 25.7 Å². The van der Waals surface area contributed by atoms with Gasteiger partial charge in [0, 0.05) is 6.42 Å². The van der Waals surface area contributed by atoms with Gasteiger partial charge in [-0.2, -0.15) is 0 Å². The molecule has 0 bridgehead atoms. The molecule has 100 valence electrons. The quantitative estimate of drug-likeness (QED) is 0.828. The Morgan fingerprint density at radius 2 is 2.00 bits per heavy atom. The summed E-state index contributed by atoms with van der Waals surface area (Å²) in [6, 6.07) is 9.76. The lowest BCUT2D eigenvalue weighted by molar-refractivity contribution is -0.118. The molecule has 0 atom stereocenters. The first kappa shape index (κ1) is 13.9. The topological polar surface area (TPSA) is 63.3 Å². The van der Waals surface area contributed by atoms with E-state index < -0.39 is 0 Å². The molecule has 0 radical (unpaired) electrons. The van der Waals surface area contributed by atoms with E-state index in [9.17, 15) is 9.90 Å². The highest BCUT2D eigenvalue weighted by Crippen LogP contribution is 2.32. The van der Waals surface area contributed by atoms with Gasteiger partial charge in [0.25, 0.3) is 0 Å². The van der Waals surface area contributed by atoms with Crippen molar-refractivity contribution in [3.8, 4) is 5.75 Å². The van der Waals surface area contributed by atoms with Crippen LogP contribution < -0.4 is 5.73 Å². The summed E-state index contributed by atoms with van der Waals surface area (Å²) in [7, 11) is 0. The zero-order valence-corrected chi connectivity index (χ0v) is 12.1. The van der Waals surface area contributed by atoms with Crippen molar-refractivity contribution in [1.82, 2.24) is 0 Å². The molecule has 4 heteroatoms. The number of carbonyl (C=O) groups excluding carboxylic acids is 1. The molecule has 0 unspecified atom stereocenters. The molecule has 19 heavy (non-hydrogen) atoms. The zero-order valence-electron chi connectivity index (χ0n) is 10.5. The fourth-order valence-electron chi connectivity index (χ4n) is 2.11. The van der Waals surface area contributed by atoms with E-state index in [-0.39, 0.29) is 11.7 Å². The van der Waals surface area contributed by atoms with E-state index in [4.69, 9.17) is 5.73 Å². The van der Waals surface area contributed by atoms with Crippen LogP contribution in [-0.2, 0) is 11.2 Å². The number of hydrogen-bond donors (Lipinski definition) is 2. The summed E-state index contributed by atoms with van der Waals surface area (Å²) in [6.07, 6.45) is 3.16. The van der Waals surface area contributed by atoms with E-state index in [1.54, 1.807) is 6.07 Å². The third-order valence-corrected chi connectivity index (χ3v) is 3.97. The lowest BCUT2D eigenvalue weighted by Gasteiger charge is -2.06. The number of benzene rings is 2. The van der Waals surface area contributed by atoms with Crippen LogP contribution in [0.25, 0.3) is 10.8 Å². The molecule has 3 N–H and O–H groups in total. The fourth-order valence-corrected chi connectivity index (χ4v) is 2.61. The van der Waals surface area contributed by atoms with Crippen molar-refractivity contribution < 1.29 is 9.90 Å². The van der Waals surface area contributed by atoms with Crippen LogP contribution in [-0.4, -0.2) is 11.0 Å². The van der Waals surface area contributed by atoms with Gasteiger partial charge in [-0.1, -0.05) is 24.3 Å². The van der Waals surface area contributed by atoms with Crippen molar-refractivity contribution in [2.24, 2.45) is 5.73 Å². The largest absolute Gasteiger partial charge is 0.507 e. The number of aryl methyl sites for hydroxylation is 1. The summed E-state index contributed by atoms with van der Waals surface area (Å²) in [6.45, 7) is 0. The standard InChI is InChI=1S/C15H16BrNO2/c16-15-12-7-5-10(3-1-2-4-14(17)19)9-11(12)6-8-13(15)18/h5-9,18H,1-4H2,(H2,17,19). The van der Waals surface area contributed by atoms with Crippen LogP contribution >= 0.6 is 15.9 Å². The van der Waals surface area contributed by atoms with Crippen LogP contribution in [0.3, 0.4) is 0 Å². The third-order valence-electron chi connectivity index (χ3n) is 3.14. The number of nitrogens with two attached hydrogens (primary N) is 1. The van der Waals surface area contributed by atoms with E-state index in [2.05, 4.69) is 28.1 Å². The highest BCUT2D eigenvalue weighted by molar-refractivity contribution is 9.10. The second-order valence-electron chi connectivity index (χ2n) is 4.63. The third kappa shape index (κ3) is 3.47. The summed E-state index contributed by atoms with van der Waals surface area (Å²) < 4.78 is 0.727. The monoisotopic (exact) mass is 321 g/mol. The first-order valence-electron chi connectivity index (χ1n) is 6.26. The lowest BCUT2D eigenvalue weighted by atomic mass is 10.0. The molecule has 0 aliphatic rings. The molecule has 0 spiro atoms. The highest BCUT2D eigenvalue weighted by atomic mass is 79.9. The summed E-state index contributed by atoms with van der Waals surface area (Å²) in [5, 5.41) is 11.7. The number of phenols is 1. The van der Waals surface area contributed by atoms with Gasteiger partial charge >= 0.3 is 0 Å². The van der Waals surface area contributed by atoms with Crippen LogP contribution in [0.4, 0.5) is 0 Å². The minimum atomic E-state index is -0.238. The van der Waals surface area contributed by atoms with Gasteiger partial charge in [0.1, 0.15) is 5.75 Å². The molecule has 2 aromatic carbocycles. The molecule has 0 fully saturated rings. The van der Waals surface area contributed by atoms with Gasteiger partial charge < -0.3 is 10.8 Å². The summed E-state index contributed by atoms with van der Waals surface area (Å²) in [5.41, 5.74) is 6.34. The molecular weight excluding hydrogens is 306 g/mol. The number of fused-ring (bicyclic) bond motifs is 1. The Morgan fingerprint density at radius 1 is 1.21 bits per heavy atom. The van der Waals surface area contributed by atoms with Gasteiger partial charge in [-0.05, 0) is 57.6 Å². The Balaban J connectivity index is 2.10. The minimum Gasteiger partial charge on any atom is -0.507 e. The predicted molar refractivity (Wildman–Crippen MR) is 80.1 cm³/mol. The van der Waals surface area contributed by atoms with Gasteiger partial charge in [0.2, 0.25) is 5.91 Å². The zero-order chi connectivity index (χ0) is 13.8. The van der Waals surface area contributed by atoms with Crippen LogP contribution in [0.15, 0.2) is 34.8 Å². The molecule has 0 aliphatic heterocycles. The van der Waals surface area contributed by atoms with Gasteiger partial charge in [-0.15, -0.1) is 0 Å². The Morgan fingerprint density at radius 3 is 2.74 bits per heavy atom. The van der Waals surface area contributed by atoms with E-state index in [0.717, 1.165) is 34.5 Å². The van der Waals surface area contributed by atoms with E-state index in [1.807, 2.05) is 12.1 Å². The minimum absolute atomic E-state index is 0.238. The predicted octanol–water partition coefficient (Wildman–Crippen LogP) is 3.51. The summed E-state index contributed by atoms with van der Waals surface area (Å²) in [5.74, 6) is 0.0135. The molecule has 0 heterocycles. The second-order valence-corrected chi connectivity index (χ2v) is 5.42. The van der Waals surface area contributed by atoms with Crippen LogP contribution in [0.2, 0.25) is 0 Å². The number of halogens is 1. The number of primary amides is 1. The molecule has 0 saturated carbocycles. The number of rotatable bonds is 5. The molecule has 3 nitrogen and oxygen atoms in total. The Hall–Kier alpha value is -1.55. The summed E-state index contributed by atoms with van der Waals surface area (Å²) >= 11 is 3.38. The Kier molecular flexibility index (Phi) is 4.43. The second kappa shape index (κ2) is 6.06. The van der Waals surface area contributed by atoms with Crippen molar-refractivity contribution in [3.05, 3.63) is 40.4 Å². The number of hydrogen-bond acceptors (Lipinski definition) is 2. The summed E-state index contributed by atoms with van der Waals surface area (Å²) in [4.78, 5) is 10.6. The van der Waals surface area contributed by atoms with Crippen LogP contribution in [0.5, 0.6) is 5.75 Å². The SMILES string of the molecule is NC(=O)CCCCc1ccc2c(Br)c(O)ccc2c1. The first-order valence-corrected chi connectivity index (χ1v) is 7.05. The number of unbranched alkanes of at least 4 members (excludes halogenated alkanes) is 1. The normalized spacial score (nSPS) is 10.8. The van der Waals surface area contributed by atoms with Gasteiger partial charge in [0.05, 0.1) is 4.47 Å². The average Bonchev–Trinajstić information content (AvgIpc) is 2.39. The number of aromatic hydroxyl groups is 1. The number of phenolic OH excluding ortho intramolecular Hbond substituents is 1. The Labute approximate surface area is 120 Å². The van der Waals surface area contributed by atoms with Crippen LogP contribution in [0.1, 0.15) is 24.8 Å². The molecule has 2 rings (SSSR count). The van der Waals surface area contributed by atoms with E-state index in [0.29, 0.717) is 6.42 Å². The Bertz CT molecular complexity index is 610. The van der Waals surface area contributed by atoms with Crippen molar-refractivity contribution in [3.63, 3.8) is 0 Å². The van der Waals surface area contributed by atoms with E-state index >= 15 is 0 Å². The number of amides is 1. The van der Waals surface area contributed by atoms with Crippen molar-refractivity contribution in [2.75, 3.05) is 0 Å². The molecular formula is C15H16BrNO2. The molecule has 1 amide bonds. The maximum absolute atomic E-state index is 10.6. The van der Waals surface area contributed by atoms with Gasteiger partial charge in [0.15, 0.2) is 0 Å². The fraction of sp³-hybridized carbons (Fsp3) is 0.267. The number of carbonyl (C=O) groups is 1. The van der Waals surface area contributed by atoms with Crippen LogP contribution in [0, 0.1) is 0 Å².